The van der Waals surface area contributed by atoms with Gasteiger partial charge in [-0.1, -0.05) is 51.3 Å². The number of hydrogen-bond acceptors (Lipinski definition) is 2. The number of hydrogen-bond donors (Lipinski definition) is 1. The fourth-order valence-corrected chi connectivity index (χ4v) is 2.40. The summed E-state index contributed by atoms with van der Waals surface area (Å²) in [5, 5.41) is 10.4. The smallest absolute Gasteiger partial charge is 0.122 e. The Balaban J connectivity index is 2.63. The van der Waals surface area contributed by atoms with E-state index in [0.717, 1.165) is 24.2 Å². The van der Waals surface area contributed by atoms with Gasteiger partial charge in [0.2, 0.25) is 0 Å². The summed E-state index contributed by atoms with van der Waals surface area (Å²) < 4.78 is 5.33. The van der Waals surface area contributed by atoms with Gasteiger partial charge in [0.15, 0.2) is 0 Å². The highest BCUT2D eigenvalue weighted by Gasteiger charge is 2.18. The van der Waals surface area contributed by atoms with Crippen LogP contribution in [0.25, 0.3) is 0 Å². The third-order valence-electron chi connectivity index (χ3n) is 3.62. The number of ether oxygens (including phenoxy) is 1. The molecule has 0 saturated carbocycles. The first-order valence-electron chi connectivity index (χ1n) is 7.02. The molecule has 2 atom stereocenters. The molecule has 0 aliphatic heterocycles. The van der Waals surface area contributed by atoms with Crippen molar-refractivity contribution in [3.63, 3.8) is 0 Å². The van der Waals surface area contributed by atoms with Crippen molar-refractivity contribution in [1.82, 2.24) is 0 Å². The lowest BCUT2D eigenvalue weighted by molar-refractivity contribution is 0.0981. The largest absolute Gasteiger partial charge is 0.496 e. The molecule has 0 amide bonds. The lowest BCUT2D eigenvalue weighted by Gasteiger charge is -2.22. The zero-order valence-corrected chi connectivity index (χ0v) is 11.9. The monoisotopic (exact) mass is 250 g/mol. The molecule has 0 aliphatic carbocycles. The van der Waals surface area contributed by atoms with Crippen molar-refractivity contribution in [2.75, 3.05) is 7.11 Å². The third-order valence-corrected chi connectivity index (χ3v) is 3.62. The minimum atomic E-state index is -0.266. The standard InChI is InChI=1S/C16H26O2/c1-4-6-9-13(5-2)15(17)12-14-10-7-8-11-16(14)18-3/h7-8,10-11,13,15,17H,4-6,9,12H2,1-3H3. The van der Waals surface area contributed by atoms with Gasteiger partial charge >= 0.3 is 0 Å². The molecule has 0 heterocycles. The highest BCUT2D eigenvalue weighted by Crippen LogP contribution is 2.24. The predicted octanol–water partition coefficient (Wildman–Crippen LogP) is 3.82. The van der Waals surface area contributed by atoms with Crippen molar-refractivity contribution in [3.8, 4) is 5.75 Å². The SMILES string of the molecule is CCCCC(CC)C(O)Cc1ccccc1OC. The summed E-state index contributed by atoms with van der Waals surface area (Å²) in [6, 6.07) is 7.95. The van der Waals surface area contributed by atoms with Gasteiger partial charge in [-0.15, -0.1) is 0 Å². The van der Waals surface area contributed by atoms with E-state index in [-0.39, 0.29) is 6.10 Å². The molecule has 0 aromatic heterocycles. The number of aliphatic hydroxyl groups excluding tert-OH is 1. The summed E-state index contributed by atoms with van der Waals surface area (Å²) >= 11 is 0. The second-order valence-corrected chi connectivity index (χ2v) is 4.89. The van der Waals surface area contributed by atoms with E-state index < -0.39 is 0 Å². The lowest BCUT2D eigenvalue weighted by Crippen LogP contribution is -2.22. The molecule has 18 heavy (non-hydrogen) atoms. The van der Waals surface area contributed by atoms with Crippen LogP contribution in [0.2, 0.25) is 0 Å². The Morgan fingerprint density at radius 1 is 1.22 bits per heavy atom. The van der Waals surface area contributed by atoms with Crippen molar-refractivity contribution in [1.29, 1.82) is 0 Å². The Labute approximate surface area is 111 Å². The van der Waals surface area contributed by atoms with Crippen LogP contribution in [0.3, 0.4) is 0 Å². The Morgan fingerprint density at radius 2 is 1.94 bits per heavy atom. The molecule has 1 N–H and O–H groups in total. The summed E-state index contributed by atoms with van der Waals surface area (Å²) in [6.45, 7) is 4.35. The van der Waals surface area contributed by atoms with Gasteiger partial charge in [-0.3, -0.25) is 0 Å². The molecule has 1 aromatic carbocycles. The molecule has 0 bridgehead atoms. The second kappa shape index (κ2) is 8.15. The molecule has 2 heteroatoms. The van der Waals surface area contributed by atoms with E-state index >= 15 is 0 Å². The molecule has 2 nitrogen and oxygen atoms in total. The average Bonchev–Trinajstić information content (AvgIpc) is 2.40. The number of rotatable bonds is 8. The number of aliphatic hydroxyl groups is 1. The topological polar surface area (TPSA) is 29.5 Å². The number of benzene rings is 1. The van der Waals surface area contributed by atoms with Gasteiger partial charge in [0.25, 0.3) is 0 Å². The van der Waals surface area contributed by atoms with Crippen LogP contribution < -0.4 is 4.74 Å². The van der Waals surface area contributed by atoms with Crippen molar-refractivity contribution < 1.29 is 9.84 Å². The Morgan fingerprint density at radius 3 is 2.56 bits per heavy atom. The molecular weight excluding hydrogens is 224 g/mol. The summed E-state index contributed by atoms with van der Waals surface area (Å²) in [6.07, 6.45) is 4.96. The van der Waals surface area contributed by atoms with Gasteiger partial charge in [-0.05, 0) is 24.0 Å². The maximum atomic E-state index is 10.4. The minimum Gasteiger partial charge on any atom is -0.496 e. The van der Waals surface area contributed by atoms with E-state index in [4.69, 9.17) is 4.74 Å². The lowest BCUT2D eigenvalue weighted by atomic mass is 9.89. The normalized spacial score (nSPS) is 14.2. The fourth-order valence-electron chi connectivity index (χ4n) is 2.40. The van der Waals surface area contributed by atoms with Crippen molar-refractivity contribution in [2.45, 2.75) is 52.1 Å². The molecule has 1 aromatic rings. The molecular formula is C16H26O2. The third kappa shape index (κ3) is 4.34. The van der Waals surface area contributed by atoms with Crippen LogP contribution in [0, 0.1) is 5.92 Å². The van der Waals surface area contributed by atoms with E-state index in [1.165, 1.54) is 12.8 Å². The molecule has 0 saturated heterocycles. The second-order valence-electron chi connectivity index (χ2n) is 4.89. The number of para-hydroxylation sites is 1. The Hall–Kier alpha value is -1.02. The van der Waals surface area contributed by atoms with E-state index in [9.17, 15) is 5.11 Å². The summed E-state index contributed by atoms with van der Waals surface area (Å²) in [5.74, 6) is 1.27. The minimum absolute atomic E-state index is 0.266. The first-order chi connectivity index (χ1) is 8.72. The zero-order valence-electron chi connectivity index (χ0n) is 11.9. The van der Waals surface area contributed by atoms with Crippen LogP contribution in [-0.4, -0.2) is 18.3 Å². The van der Waals surface area contributed by atoms with Crippen molar-refractivity contribution in [2.24, 2.45) is 5.92 Å². The van der Waals surface area contributed by atoms with E-state index in [0.29, 0.717) is 12.3 Å². The van der Waals surface area contributed by atoms with Gasteiger partial charge in [0, 0.05) is 6.42 Å². The first-order valence-corrected chi connectivity index (χ1v) is 7.02. The number of unbranched alkanes of at least 4 members (excludes halogenated alkanes) is 1. The maximum absolute atomic E-state index is 10.4. The van der Waals surface area contributed by atoms with E-state index in [1.807, 2.05) is 24.3 Å². The number of methoxy groups -OCH3 is 1. The van der Waals surface area contributed by atoms with Crippen molar-refractivity contribution >= 4 is 0 Å². The zero-order chi connectivity index (χ0) is 13.4. The Kier molecular flexibility index (Phi) is 6.81. The highest BCUT2D eigenvalue weighted by molar-refractivity contribution is 5.33. The van der Waals surface area contributed by atoms with Gasteiger partial charge in [-0.25, -0.2) is 0 Å². The highest BCUT2D eigenvalue weighted by atomic mass is 16.5. The van der Waals surface area contributed by atoms with Crippen LogP contribution >= 0.6 is 0 Å². The van der Waals surface area contributed by atoms with Crippen LogP contribution in [0.15, 0.2) is 24.3 Å². The van der Waals surface area contributed by atoms with E-state index in [1.54, 1.807) is 7.11 Å². The molecule has 0 fully saturated rings. The van der Waals surface area contributed by atoms with Gasteiger partial charge < -0.3 is 9.84 Å². The van der Waals surface area contributed by atoms with Gasteiger partial charge in [-0.2, -0.15) is 0 Å². The van der Waals surface area contributed by atoms with Crippen LogP contribution in [0.4, 0.5) is 0 Å². The summed E-state index contributed by atoms with van der Waals surface area (Å²) in [4.78, 5) is 0. The molecule has 1 rings (SSSR count). The van der Waals surface area contributed by atoms with Gasteiger partial charge in [0.1, 0.15) is 5.75 Å². The molecule has 2 unspecified atom stereocenters. The summed E-state index contributed by atoms with van der Waals surface area (Å²) in [5.41, 5.74) is 1.10. The van der Waals surface area contributed by atoms with E-state index in [2.05, 4.69) is 13.8 Å². The first kappa shape index (κ1) is 15.0. The fraction of sp³-hybridized carbons (Fsp3) is 0.625. The van der Waals surface area contributed by atoms with Gasteiger partial charge in [0.05, 0.1) is 13.2 Å². The molecule has 102 valence electrons. The summed E-state index contributed by atoms with van der Waals surface area (Å²) in [7, 11) is 1.68. The Bertz CT molecular complexity index is 336. The quantitative estimate of drug-likeness (QED) is 0.760. The van der Waals surface area contributed by atoms with Crippen LogP contribution in [-0.2, 0) is 6.42 Å². The molecule has 0 radical (unpaired) electrons. The van der Waals surface area contributed by atoms with Crippen LogP contribution in [0.1, 0.15) is 45.1 Å². The molecule has 0 aliphatic rings. The average molecular weight is 250 g/mol. The van der Waals surface area contributed by atoms with Crippen LogP contribution in [0.5, 0.6) is 5.75 Å². The predicted molar refractivity (Wildman–Crippen MR) is 76.0 cm³/mol. The molecule has 0 spiro atoms. The van der Waals surface area contributed by atoms with Crippen molar-refractivity contribution in [3.05, 3.63) is 29.8 Å². The maximum Gasteiger partial charge on any atom is 0.122 e.